The molecule has 0 heterocycles. The number of fused-ring (bicyclic) bond motifs is 1. The number of rotatable bonds is 3. The van der Waals surface area contributed by atoms with Gasteiger partial charge in [0.15, 0.2) is 0 Å². The maximum absolute atomic E-state index is 11.6. The van der Waals surface area contributed by atoms with E-state index in [4.69, 9.17) is 4.74 Å². The third-order valence-corrected chi connectivity index (χ3v) is 3.73. The van der Waals surface area contributed by atoms with Crippen molar-refractivity contribution >= 4 is 5.97 Å². The van der Waals surface area contributed by atoms with Gasteiger partial charge in [0.05, 0.1) is 13.0 Å². The lowest BCUT2D eigenvalue weighted by molar-refractivity contribution is -0.149. The Morgan fingerprint density at radius 1 is 1.50 bits per heavy atom. The molecule has 0 amide bonds. The van der Waals surface area contributed by atoms with E-state index in [1.807, 2.05) is 24.3 Å². The summed E-state index contributed by atoms with van der Waals surface area (Å²) in [7, 11) is 0. The SMILES string of the molecule is CCOC(=O)CC1(O)CCC(C)c2ccccc21. The van der Waals surface area contributed by atoms with E-state index in [0.29, 0.717) is 18.9 Å². The van der Waals surface area contributed by atoms with Crippen molar-refractivity contribution in [3.05, 3.63) is 35.4 Å². The molecule has 1 aliphatic carbocycles. The van der Waals surface area contributed by atoms with Gasteiger partial charge in [0.25, 0.3) is 0 Å². The number of hydrogen-bond acceptors (Lipinski definition) is 3. The Morgan fingerprint density at radius 3 is 2.94 bits per heavy atom. The molecule has 0 radical (unpaired) electrons. The minimum atomic E-state index is -1.06. The van der Waals surface area contributed by atoms with Crippen molar-refractivity contribution in [3.63, 3.8) is 0 Å². The van der Waals surface area contributed by atoms with Crippen LogP contribution >= 0.6 is 0 Å². The zero-order valence-corrected chi connectivity index (χ0v) is 11.0. The van der Waals surface area contributed by atoms with Gasteiger partial charge in [0.1, 0.15) is 5.60 Å². The molecule has 3 nitrogen and oxygen atoms in total. The predicted octanol–water partition coefficient (Wildman–Crippen LogP) is 2.72. The molecule has 1 aromatic carbocycles. The highest BCUT2D eigenvalue weighted by atomic mass is 16.5. The Kier molecular flexibility index (Phi) is 3.71. The van der Waals surface area contributed by atoms with Gasteiger partial charge < -0.3 is 9.84 Å². The van der Waals surface area contributed by atoms with Crippen LogP contribution in [0.25, 0.3) is 0 Å². The standard InChI is InChI=1S/C15H20O3/c1-3-18-14(16)10-15(17)9-8-11(2)12-6-4-5-7-13(12)15/h4-7,11,17H,3,8-10H2,1-2H3. The second-order valence-corrected chi connectivity index (χ2v) is 5.04. The molecular formula is C15H20O3. The van der Waals surface area contributed by atoms with Crippen LogP contribution in [-0.2, 0) is 15.1 Å². The van der Waals surface area contributed by atoms with E-state index in [-0.39, 0.29) is 12.4 Å². The van der Waals surface area contributed by atoms with Crippen LogP contribution in [0.2, 0.25) is 0 Å². The first-order valence-corrected chi connectivity index (χ1v) is 6.54. The lowest BCUT2D eigenvalue weighted by atomic mass is 9.73. The van der Waals surface area contributed by atoms with Crippen molar-refractivity contribution in [2.75, 3.05) is 6.61 Å². The van der Waals surface area contributed by atoms with E-state index < -0.39 is 5.60 Å². The topological polar surface area (TPSA) is 46.5 Å². The summed E-state index contributed by atoms with van der Waals surface area (Å²) in [5.74, 6) is 0.105. The van der Waals surface area contributed by atoms with E-state index >= 15 is 0 Å². The van der Waals surface area contributed by atoms with Crippen LogP contribution in [-0.4, -0.2) is 17.7 Å². The molecule has 0 aromatic heterocycles. The van der Waals surface area contributed by atoms with Crippen molar-refractivity contribution in [3.8, 4) is 0 Å². The summed E-state index contributed by atoms with van der Waals surface area (Å²) < 4.78 is 4.95. The Balaban J connectivity index is 2.29. The fraction of sp³-hybridized carbons (Fsp3) is 0.533. The van der Waals surface area contributed by atoms with Gasteiger partial charge in [0.2, 0.25) is 0 Å². The van der Waals surface area contributed by atoms with Crippen LogP contribution in [0.15, 0.2) is 24.3 Å². The molecule has 0 bridgehead atoms. The first kappa shape index (κ1) is 13.1. The molecule has 1 N–H and O–H groups in total. The highest BCUT2D eigenvalue weighted by Crippen LogP contribution is 2.43. The summed E-state index contributed by atoms with van der Waals surface area (Å²) in [4.78, 5) is 11.6. The van der Waals surface area contributed by atoms with Gasteiger partial charge in [-0.05, 0) is 36.8 Å². The summed E-state index contributed by atoms with van der Waals surface area (Å²) in [6, 6.07) is 7.85. The van der Waals surface area contributed by atoms with Crippen LogP contribution < -0.4 is 0 Å². The van der Waals surface area contributed by atoms with Crippen molar-refractivity contribution in [2.24, 2.45) is 0 Å². The van der Waals surface area contributed by atoms with Gasteiger partial charge in [-0.3, -0.25) is 4.79 Å². The smallest absolute Gasteiger partial charge is 0.309 e. The number of carbonyl (C=O) groups is 1. The van der Waals surface area contributed by atoms with Gasteiger partial charge in [-0.1, -0.05) is 31.2 Å². The zero-order valence-electron chi connectivity index (χ0n) is 11.0. The van der Waals surface area contributed by atoms with Crippen LogP contribution in [0, 0.1) is 0 Å². The monoisotopic (exact) mass is 248 g/mol. The molecule has 0 saturated heterocycles. The molecule has 0 aliphatic heterocycles. The third kappa shape index (κ3) is 2.41. The molecule has 2 unspecified atom stereocenters. The summed E-state index contributed by atoms with van der Waals surface area (Å²) in [6.45, 7) is 4.29. The Bertz CT molecular complexity index is 441. The number of esters is 1. The highest BCUT2D eigenvalue weighted by molar-refractivity contribution is 5.71. The molecule has 1 aromatic rings. The van der Waals surface area contributed by atoms with E-state index in [9.17, 15) is 9.90 Å². The molecule has 0 saturated carbocycles. The second-order valence-electron chi connectivity index (χ2n) is 5.04. The lowest BCUT2D eigenvalue weighted by Gasteiger charge is -2.36. The quantitative estimate of drug-likeness (QED) is 0.837. The molecule has 3 heteroatoms. The molecule has 0 spiro atoms. The average Bonchev–Trinajstić information content (AvgIpc) is 2.35. The fourth-order valence-electron chi connectivity index (χ4n) is 2.73. The highest BCUT2D eigenvalue weighted by Gasteiger charge is 2.38. The maximum atomic E-state index is 11.6. The number of ether oxygens (including phenoxy) is 1. The van der Waals surface area contributed by atoms with Crippen molar-refractivity contribution < 1.29 is 14.6 Å². The van der Waals surface area contributed by atoms with Gasteiger partial charge in [-0.2, -0.15) is 0 Å². The summed E-state index contributed by atoms with van der Waals surface area (Å²) in [6.07, 6.45) is 1.56. The number of hydrogen-bond donors (Lipinski definition) is 1. The molecule has 18 heavy (non-hydrogen) atoms. The minimum Gasteiger partial charge on any atom is -0.466 e. The van der Waals surface area contributed by atoms with Crippen LogP contribution in [0.5, 0.6) is 0 Å². The maximum Gasteiger partial charge on any atom is 0.309 e. The number of benzene rings is 1. The Morgan fingerprint density at radius 2 is 2.22 bits per heavy atom. The van der Waals surface area contributed by atoms with Gasteiger partial charge in [-0.25, -0.2) is 0 Å². The lowest BCUT2D eigenvalue weighted by Crippen LogP contribution is -2.34. The molecule has 0 fully saturated rings. The van der Waals surface area contributed by atoms with E-state index in [1.54, 1.807) is 6.92 Å². The Labute approximate surface area is 108 Å². The van der Waals surface area contributed by atoms with Crippen molar-refractivity contribution in [2.45, 2.75) is 44.6 Å². The van der Waals surface area contributed by atoms with E-state index in [2.05, 4.69) is 6.92 Å². The fourth-order valence-corrected chi connectivity index (χ4v) is 2.73. The Hall–Kier alpha value is -1.35. The van der Waals surface area contributed by atoms with Gasteiger partial charge in [0, 0.05) is 0 Å². The molecular weight excluding hydrogens is 228 g/mol. The predicted molar refractivity (Wildman–Crippen MR) is 69.2 cm³/mol. The average molecular weight is 248 g/mol. The second kappa shape index (κ2) is 5.11. The van der Waals surface area contributed by atoms with E-state index in [0.717, 1.165) is 17.5 Å². The first-order chi connectivity index (χ1) is 8.57. The number of carbonyl (C=O) groups excluding carboxylic acids is 1. The molecule has 2 rings (SSSR count). The molecule has 1 aliphatic rings. The van der Waals surface area contributed by atoms with Crippen LogP contribution in [0.1, 0.15) is 50.2 Å². The van der Waals surface area contributed by atoms with Crippen LogP contribution in [0.4, 0.5) is 0 Å². The van der Waals surface area contributed by atoms with Crippen molar-refractivity contribution in [1.82, 2.24) is 0 Å². The summed E-state index contributed by atoms with van der Waals surface area (Å²) in [5, 5.41) is 10.7. The normalized spacial score (nSPS) is 26.5. The van der Waals surface area contributed by atoms with Gasteiger partial charge >= 0.3 is 5.97 Å². The largest absolute Gasteiger partial charge is 0.466 e. The third-order valence-electron chi connectivity index (χ3n) is 3.73. The van der Waals surface area contributed by atoms with Crippen LogP contribution in [0.3, 0.4) is 0 Å². The number of aliphatic hydroxyl groups is 1. The molecule has 98 valence electrons. The summed E-state index contributed by atoms with van der Waals surface area (Å²) in [5.41, 5.74) is 0.974. The summed E-state index contributed by atoms with van der Waals surface area (Å²) >= 11 is 0. The van der Waals surface area contributed by atoms with Gasteiger partial charge in [-0.15, -0.1) is 0 Å². The zero-order chi connectivity index (χ0) is 13.2. The minimum absolute atomic E-state index is 0.0462. The first-order valence-electron chi connectivity index (χ1n) is 6.54. The molecule has 2 atom stereocenters. The van der Waals surface area contributed by atoms with E-state index in [1.165, 1.54) is 0 Å². The van der Waals surface area contributed by atoms with Crippen molar-refractivity contribution in [1.29, 1.82) is 0 Å².